The summed E-state index contributed by atoms with van der Waals surface area (Å²) in [6, 6.07) is 5.81. The summed E-state index contributed by atoms with van der Waals surface area (Å²) in [6.45, 7) is 4.45. The van der Waals surface area contributed by atoms with Crippen LogP contribution >= 0.6 is 0 Å². The van der Waals surface area contributed by atoms with Gasteiger partial charge >= 0.3 is 0 Å². The minimum Gasteiger partial charge on any atom is -0.374 e. The molecule has 0 amide bonds. The molecule has 1 aromatic carbocycles. The number of nitrogens with two attached hydrogens (primary N) is 1. The van der Waals surface area contributed by atoms with E-state index in [1.54, 1.807) is 6.07 Å². The lowest BCUT2D eigenvalue weighted by Gasteiger charge is -2.38. The summed E-state index contributed by atoms with van der Waals surface area (Å²) in [5.74, 6) is -0.0583. The second kappa shape index (κ2) is 5.19. The van der Waals surface area contributed by atoms with Crippen LogP contribution in [0.5, 0.6) is 0 Å². The molecule has 0 aromatic heterocycles. The van der Waals surface area contributed by atoms with Crippen LogP contribution in [0.2, 0.25) is 0 Å². The molecule has 0 radical (unpaired) electrons. The molecule has 3 unspecified atom stereocenters. The normalized spacial score (nSPS) is 29.2. The predicted octanol–water partition coefficient (Wildman–Crippen LogP) is 1.86. The average Bonchev–Trinajstić information content (AvgIpc) is 2.84. The fourth-order valence-electron chi connectivity index (χ4n) is 3.26. The van der Waals surface area contributed by atoms with E-state index in [9.17, 15) is 4.39 Å². The predicted molar refractivity (Wildman–Crippen MR) is 72.4 cm³/mol. The first-order valence-corrected chi connectivity index (χ1v) is 7.05. The summed E-state index contributed by atoms with van der Waals surface area (Å²) in [5, 5.41) is 0. The van der Waals surface area contributed by atoms with Crippen molar-refractivity contribution < 1.29 is 9.13 Å². The lowest BCUT2D eigenvalue weighted by molar-refractivity contribution is -0.0519. The second-order valence-corrected chi connectivity index (χ2v) is 5.63. The summed E-state index contributed by atoms with van der Waals surface area (Å²) in [6.07, 6.45) is 1.93. The maximum absolute atomic E-state index is 13.8. The summed E-state index contributed by atoms with van der Waals surface area (Å²) >= 11 is 0. The van der Waals surface area contributed by atoms with Crippen LogP contribution in [0, 0.1) is 5.82 Å². The van der Waals surface area contributed by atoms with Gasteiger partial charge in [0.15, 0.2) is 0 Å². The molecule has 19 heavy (non-hydrogen) atoms. The Bertz CT molecular complexity index is 463. The SMILES string of the molecule is CC(N)C1CN(C2CCc3c(F)cccc32)CCO1. The highest BCUT2D eigenvalue weighted by Gasteiger charge is 2.33. The van der Waals surface area contributed by atoms with Crippen LogP contribution < -0.4 is 5.73 Å². The van der Waals surface area contributed by atoms with E-state index in [2.05, 4.69) is 11.0 Å². The number of hydrogen-bond donors (Lipinski definition) is 1. The number of halogens is 1. The Morgan fingerprint density at radius 2 is 2.32 bits per heavy atom. The van der Waals surface area contributed by atoms with E-state index >= 15 is 0 Å². The fourth-order valence-corrected chi connectivity index (χ4v) is 3.26. The van der Waals surface area contributed by atoms with Crippen LogP contribution in [0.1, 0.15) is 30.5 Å². The first-order valence-electron chi connectivity index (χ1n) is 7.05. The molecule has 104 valence electrons. The van der Waals surface area contributed by atoms with Crippen molar-refractivity contribution in [2.45, 2.75) is 38.0 Å². The molecule has 0 spiro atoms. The van der Waals surface area contributed by atoms with Gasteiger partial charge in [-0.25, -0.2) is 4.39 Å². The van der Waals surface area contributed by atoms with E-state index < -0.39 is 0 Å². The van der Waals surface area contributed by atoms with Crippen molar-refractivity contribution in [1.82, 2.24) is 4.90 Å². The van der Waals surface area contributed by atoms with Gasteiger partial charge in [-0.1, -0.05) is 12.1 Å². The molecular weight excluding hydrogens is 243 g/mol. The molecular formula is C15H21FN2O. The number of morpholine rings is 1. The quantitative estimate of drug-likeness (QED) is 0.886. The summed E-state index contributed by atoms with van der Waals surface area (Å²) < 4.78 is 19.5. The van der Waals surface area contributed by atoms with Gasteiger partial charge in [0, 0.05) is 25.2 Å². The Hall–Kier alpha value is -0.970. The van der Waals surface area contributed by atoms with E-state index in [0.29, 0.717) is 12.6 Å². The van der Waals surface area contributed by atoms with Crippen LogP contribution in [-0.2, 0) is 11.2 Å². The van der Waals surface area contributed by atoms with Crippen molar-refractivity contribution >= 4 is 0 Å². The third-order valence-electron chi connectivity index (χ3n) is 4.33. The topological polar surface area (TPSA) is 38.5 Å². The standard InChI is InChI=1S/C15H21FN2O/c1-10(17)15-9-18(7-8-19-15)14-6-5-11-12(14)3-2-4-13(11)16/h2-4,10,14-15H,5-9,17H2,1H3. The smallest absolute Gasteiger partial charge is 0.126 e. The molecule has 1 aromatic rings. The molecule has 1 aliphatic carbocycles. The first kappa shape index (κ1) is 13.0. The molecule has 0 bridgehead atoms. The molecule has 3 atom stereocenters. The Labute approximate surface area is 113 Å². The maximum Gasteiger partial charge on any atom is 0.126 e. The number of ether oxygens (including phenoxy) is 1. The third kappa shape index (κ3) is 2.40. The summed E-state index contributed by atoms with van der Waals surface area (Å²) in [4.78, 5) is 2.41. The Morgan fingerprint density at radius 1 is 1.47 bits per heavy atom. The van der Waals surface area contributed by atoms with Gasteiger partial charge in [0.05, 0.1) is 12.7 Å². The van der Waals surface area contributed by atoms with Gasteiger partial charge in [0.1, 0.15) is 5.82 Å². The summed E-state index contributed by atoms with van der Waals surface area (Å²) in [7, 11) is 0. The van der Waals surface area contributed by atoms with Crippen molar-refractivity contribution in [3.05, 3.63) is 35.1 Å². The van der Waals surface area contributed by atoms with Gasteiger partial charge in [0.25, 0.3) is 0 Å². The van der Waals surface area contributed by atoms with Crippen LogP contribution in [0.3, 0.4) is 0 Å². The van der Waals surface area contributed by atoms with Gasteiger partial charge in [-0.05, 0) is 37.0 Å². The highest BCUT2D eigenvalue weighted by molar-refractivity contribution is 5.35. The van der Waals surface area contributed by atoms with Crippen molar-refractivity contribution in [2.24, 2.45) is 5.73 Å². The molecule has 1 saturated heterocycles. The highest BCUT2D eigenvalue weighted by Crippen LogP contribution is 2.37. The van der Waals surface area contributed by atoms with Crippen LogP contribution in [0.15, 0.2) is 18.2 Å². The van der Waals surface area contributed by atoms with Crippen LogP contribution in [-0.4, -0.2) is 36.7 Å². The average molecular weight is 264 g/mol. The highest BCUT2D eigenvalue weighted by atomic mass is 19.1. The molecule has 1 heterocycles. The van der Waals surface area contributed by atoms with Crippen LogP contribution in [0.25, 0.3) is 0 Å². The first-order chi connectivity index (χ1) is 9.16. The monoisotopic (exact) mass is 264 g/mol. The maximum atomic E-state index is 13.8. The minimum absolute atomic E-state index is 0.0381. The van der Waals surface area contributed by atoms with E-state index in [0.717, 1.165) is 37.1 Å². The molecule has 1 fully saturated rings. The number of fused-ring (bicyclic) bond motifs is 1. The van der Waals surface area contributed by atoms with E-state index in [4.69, 9.17) is 10.5 Å². The van der Waals surface area contributed by atoms with E-state index in [-0.39, 0.29) is 18.0 Å². The van der Waals surface area contributed by atoms with Gasteiger partial charge in [-0.15, -0.1) is 0 Å². The molecule has 4 heteroatoms. The van der Waals surface area contributed by atoms with E-state index in [1.165, 1.54) is 0 Å². The number of nitrogens with zero attached hydrogens (tertiary/aromatic N) is 1. The zero-order valence-electron chi connectivity index (χ0n) is 11.3. The molecule has 2 aliphatic rings. The van der Waals surface area contributed by atoms with E-state index in [1.807, 2.05) is 13.0 Å². The van der Waals surface area contributed by atoms with Gasteiger partial charge in [-0.2, -0.15) is 0 Å². The largest absolute Gasteiger partial charge is 0.374 e. The van der Waals surface area contributed by atoms with Gasteiger partial charge in [0.2, 0.25) is 0 Å². The van der Waals surface area contributed by atoms with Crippen molar-refractivity contribution in [3.63, 3.8) is 0 Å². The lowest BCUT2D eigenvalue weighted by Crippen LogP contribution is -2.50. The van der Waals surface area contributed by atoms with Crippen molar-refractivity contribution in [3.8, 4) is 0 Å². The zero-order chi connectivity index (χ0) is 13.4. The van der Waals surface area contributed by atoms with Crippen molar-refractivity contribution in [1.29, 1.82) is 0 Å². The zero-order valence-corrected chi connectivity index (χ0v) is 11.3. The number of hydrogen-bond acceptors (Lipinski definition) is 3. The van der Waals surface area contributed by atoms with Crippen molar-refractivity contribution in [2.75, 3.05) is 19.7 Å². The number of rotatable bonds is 2. The Kier molecular flexibility index (Phi) is 3.56. The van der Waals surface area contributed by atoms with Gasteiger partial charge in [-0.3, -0.25) is 4.90 Å². The Morgan fingerprint density at radius 3 is 3.11 bits per heavy atom. The molecule has 1 aliphatic heterocycles. The lowest BCUT2D eigenvalue weighted by atomic mass is 10.0. The molecule has 2 N–H and O–H groups in total. The van der Waals surface area contributed by atoms with Crippen LogP contribution in [0.4, 0.5) is 4.39 Å². The number of benzene rings is 1. The second-order valence-electron chi connectivity index (χ2n) is 5.63. The van der Waals surface area contributed by atoms with Gasteiger partial charge < -0.3 is 10.5 Å². The Balaban J connectivity index is 1.80. The summed E-state index contributed by atoms with van der Waals surface area (Å²) in [5.41, 5.74) is 7.99. The molecule has 3 rings (SSSR count). The third-order valence-corrected chi connectivity index (χ3v) is 4.33. The minimum atomic E-state index is -0.0583. The fraction of sp³-hybridized carbons (Fsp3) is 0.600. The molecule has 0 saturated carbocycles. The molecule has 3 nitrogen and oxygen atoms in total.